The molecule has 1 aliphatic rings. The minimum atomic E-state index is -0.782. The number of nitrogens with two attached hydrogens (primary N) is 1. The molecular weight excluding hydrogens is 256 g/mol. The Labute approximate surface area is 118 Å². The summed E-state index contributed by atoms with van der Waals surface area (Å²) < 4.78 is 0. The number of carbonyl (C=O) groups excluding carboxylic acids is 1. The van der Waals surface area contributed by atoms with Crippen LogP contribution in [0.4, 0.5) is 0 Å². The van der Waals surface area contributed by atoms with Crippen LogP contribution in [-0.2, 0) is 16.0 Å². The SMILES string of the molecule is NC(Cc1ccccc1)C(=O)N[C@H]1CC[C@@H](C(=O)O)C1. The molecule has 0 bridgehead atoms. The minimum Gasteiger partial charge on any atom is -0.481 e. The molecular formula is C15H20N2O3. The third-order valence-corrected chi connectivity index (χ3v) is 3.76. The Morgan fingerprint density at radius 3 is 2.60 bits per heavy atom. The van der Waals surface area contributed by atoms with Crippen LogP contribution in [0.2, 0.25) is 0 Å². The van der Waals surface area contributed by atoms with Crippen molar-refractivity contribution in [1.29, 1.82) is 0 Å². The fourth-order valence-electron chi connectivity index (χ4n) is 2.61. The first-order chi connectivity index (χ1) is 9.56. The van der Waals surface area contributed by atoms with Crippen LogP contribution in [0.3, 0.4) is 0 Å². The molecule has 5 heteroatoms. The molecule has 0 spiro atoms. The highest BCUT2D eigenvalue weighted by Crippen LogP contribution is 2.25. The molecule has 1 saturated carbocycles. The first kappa shape index (κ1) is 14.5. The van der Waals surface area contributed by atoms with E-state index >= 15 is 0 Å². The summed E-state index contributed by atoms with van der Waals surface area (Å²) in [5.41, 5.74) is 6.91. The van der Waals surface area contributed by atoms with Gasteiger partial charge in [-0.3, -0.25) is 9.59 Å². The van der Waals surface area contributed by atoms with Crippen LogP contribution in [0.5, 0.6) is 0 Å². The van der Waals surface area contributed by atoms with Gasteiger partial charge in [0.25, 0.3) is 0 Å². The Bertz CT molecular complexity index is 475. The number of carboxylic acids is 1. The van der Waals surface area contributed by atoms with Gasteiger partial charge in [0.1, 0.15) is 0 Å². The number of hydrogen-bond donors (Lipinski definition) is 3. The van der Waals surface area contributed by atoms with Gasteiger partial charge < -0.3 is 16.2 Å². The molecule has 1 amide bonds. The van der Waals surface area contributed by atoms with Crippen LogP contribution >= 0.6 is 0 Å². The number of amides is 1. The molecule has 0 saturated heterocycles. The number of nitrogens with one attached hydrogen (secondary N) is 1. The van der Waals surface area contributed by atoms with E-state index in [0.29, 0.717) is 25.7 Å². The maximum absolute atomic E-state index is 12.0. The van der Waals surface area contributed by atoms with Crippen LogP contribution in [0, 0.1) is 5.92 Å². The predicted octanol–water partition coefficient (Wildman–Crippen LogP) is 0.926. The van der Waals surface area contributed by atoms with Gasteiger partial charge in [-0.2, -0.15) is 0 Å². The first-order valence-electron chi connectivity index (χ1n) is 6.89. The Balaban J connectivity index is 1.81. The lowest BCUT2D eigenvalue weighted by molar-refractivity contribution is -0.141. The van der Waals surface area contributed by atoms with E-state index in [9.17, 15) is 9.59 Å². The first-order valence-corrected chi connectivity index (χ1v) is 6.89. The molecule has 1 aliphatic carbocycles. The number of hydrogen-bond acceptors (Lipinski definition) is 3. The van der Waals surface area contributed by atoms with E-state index < -0.39 is 12.0 Å². The molecule has 5 nitrogen and oxygen atoms in total. The van der Waals surface area contributed by atoms with E-state index in [4.69, 9.17) is 10.8 Å². The van der Waals surface area contributed by atoms with Gasteiger partial charge in [0, 0.05) is 6.04 Å². The molecule has 4 N–H and O–H groups in total. The van der Waals surface area contributed by atoms with Crippen LogP contribution in [-0.4, -0.2) is 29.1 Å². The van der Waals surface area contributed by atoms with Gasteiger partial charge in [-0.05, 0) is 31.2 Å². The smallest absolute Gasteiger partial charge is 0.306 e. The third-order valence-electron chi connectivity index (χ3n) is 3.76. The molecule has 3 atom stereocenters. The highest BCUT2D eigenvalue weighted by Gasteiger charge is 2.31. The number of aliphatic carboxylic acids is 1. The number of carbonyl (C=O) groups is 2. The van der Waals surface area contributed by atoms with E-state index in [1.807, 2.05) is 30.3 Å². The summed E-state index contributed by atoms with van der Waals surface area (Å²) in [6.07, 6.45) is 2.32. The maximum Gasteiger partial charge on any atom is 0.306 e. The Hall–Kier alpha value is -1.88. The second-order valence-electron chi connectivity index (χ2n) is 5.35. The van der Waals surface area contributed by atoms with Gasteiger partial charge in [0.15, 0.2) is 0 Å². The van der Waals surface area contributed by atoms with Gasteiger partial charge in [-0.25, -0.2) is 0 Å². The molecule has 0 radical (unpaired) electrons. The van der Waals surface area contributed by atoms with Crippen molar-refractivity contribution in [3.8, 4) is 0 Å². The highest BCUT2D eigenvalue weighted by molar-refractivity contribution is 5.82. The van der Waals surface area contributed by atoms with Crippen molar-refractivity contribution in [3.05, 3.63) is 35.9 Å². The average Bonchev–Trinajstić information content (AvgIpc) is 2.88. The predicted molar refractivity (Wildman–Crippen MR) is 75.0 cm³/mol. The van der Waals surface area contributed by atoms with Gasteiger partial charge >= 0.3 is 5.97 Å². The van der Waals surface area contributed by atoms with E-state index in [0.717, 1.165) is 5.56 Å². The van der Waals surface area contributed by atoms with Gasteiger partial charge in [0.2, 0.25) is 5.91 Å². The summed E-state index contributed by atoms with van der Waals surface area (Å²) >= 11 is 0. The average molecular weight is 276 g/mol. The molecule has 20 heavy (non-hydrogen) atoms. The van der Waals surface area contributed by atoms with Crippen LogP contribution in [0.15, 0.2) is 30.3 Å². The number of carboxylic acid groups (broad SMARTS) is 1. The zero-order valence-electron chi connectivity index (χ0n) is 11.3. The summed E-state index contributed by atoms with van der Waals surface area (Å²) in [7, 11) is 0. The van der Waals surface area contributed by atoms with E-state index in [1.54, 1.807) is 0 Å². The molecule has 108 valence electrons. The molecule has 2 rings (SSSR count). The Kier molecular flexibility index (Phi) is 4.74. The van der Waals surface area contributed by atoms with Crippen molar-refractivity contribution in [2.24, 2.45) is 11.7 Å². The van der Waals surface area contributed by atoms with E-state index in [1.165, 1.54) is 0 Å². The number of rotatable bonds is 5. The molecule has 1 unspecified atom stereocenters. The van der Waals surface area contributed by atoms with Gasteiger partial charge in [-0.15, -0.1) is 0 Å². The van der Waals surface area contributed by atoms with Crippen molar-refractivity contribution in [2.75, 3.05) is 0 Å². The highest BCUT2D eigenvalue weighted by atomic mass is 16.4. The lowest BCUT2D eigenvalue weighted by atomic mass is 10.1. The van der Waals surface area contributed by atoms with Gasteiger partial charge in [0.05, 0.1) is 12.0 Å². The van der Waals surface area contributed by atoms with Crippen LogP contribution in [0.25, 0.3) is 0 Å². The van der Waals surface area contributed by atoms with Crippen molar-refractivity contribution in [1.82, 2.24) is 5.32 Å². The van der Waals surface area contributed by atoms with Crippen molar-refractivity contribution in [3.63, 3.8) is 0 Å². The standard InChI is InChI=1S/C15H20N2O3/c16-13(8-10-4-2-1-3-5-10)14(18)17-12-7-6-11(9-12)15(19)20/h1-5,11-13H,6-9,16H2,(H,17,18)(H,19,20)/t11-,12+,13?/m1/s1. The van der Waals surface area contributed by atoms with Crippen molar-refractivity contribution < 1.29 is 14.7 Å². The normalized spacial score (nSPS) is 23.2. The van der Waals surface area contributed by atoms with E-state index in [-0.39, 0.29) is 17.9 Å². The van der Waals surface area contributed by atoms with Gasteiger partial charge in [-0.1, -0.05) is 30.3 Å². The van der Waals surface area contributed by atoms with Crippen molar-refractivity contribution >= 4 is 11.9 Å². The lowest BCUT2D eigenvalue weighted by Gasteiger charge is -2.17. The second kappa shape index (κ2) is 6.52. The fraction of sp³-hybridized carbons (Fsp3) is 0.467. The summed E-state index contributed by atoms with van der Waals surface area (Å²) in [6.45, 7) is 0. The topological polar surface area (TPSA) is 92.4 Å². The maximum atomic E-state index is 12.0. The summed E-state index contributed by atoms with van der Waals surface area (Å²) in [6, 6.07) is 8.95. The lowest BCUT2D eigenvalue weighted by Crippen LogP contribution is -2.45. The number of benzene rings is 1. The monoisotopic (exact) mass is 276 g/mol. The summed E-state index contributed by atoms with van der Waals surface area (Å²) in [5.74, 6) is -1.33. The minimum absolute atomic E-state index is 0.0644. The zero-order chi connectivity index (χ0) is 14.5. The molecule has 1 aromatic carbocycles. The van der Waals surface area contributed by atoms with Crippen LogP contribution < -0.4 is 11.1 Å². The van der Waals surface area contributed by atoms with Crippen LogP contribution in [0.1, 0.15) is 24.8 Å². The quantitative estimate of drug-likeness (QED) is 0.746. The summed E-state index contributed by atoms with van der Waals surface area (Å²) in [5, 5.41) is 11.8. The molecule has 0 heterocycles. The van der Waals surface area contributed by atoms with Crippen molar-refractivity contribution in [2.45, 2.75) is 37.8 Å². The zero-order valence-corrected chi connectivity index (χ0v) is 11.3. The molecule has 1 aromatic rings. The largest absolute Gasteiger partial charge is 0.481 e. The third kappa shape index (κ3) is 3.81. The second-order valence-corrected chi connectivity index (χ2v) is 5.35. The summed E-state index contributed by atoms with van der Waals surface area (Å²) in [4.78, 5) is 22.9. The Morgan fingerprint density at radius 2 is 2.00 bits per heavy atom. The fourth-order valence-corrected chi connectivity index (χ4v) is 2.61. The van der Waals surface area contributed by atoms with E-state index in [2.05, 4.69) is 5.32 Å². The molecule has 1 fully saturated rings. The molecule has 0 aliphatic heterocycles. The Morgan fingerprint density at radius 1 is 1.30 bits per heavy atom. The molecule has 0 aromatic heterocycles.